The summed E-state index contributed by atoms with van der Waals surface area (Å²) in [5.41, 5.74) is 6.33. The number of nitrogens with zero attached hydrogens (tertiary/aromatic N) is 1. The standard InChI is InChI=1S/C14H25N3O2S/c1-11(15)12-7-6-8-13(9-12)20(18,19)16-10-14(2,3)17(4)5/h6-9,11,16H,10,15H2,1-5H3. The Morgan fingerprint density at radius 2 is 1.95 bits per heavy atom. The minimum absolute atomic E-state index is 0.191. The van der Waals surface area contributed by atoms with Crippen LogP contribution in [0.15, 0.2) is 29.2 Å². The first kappa shape index (κ1) is 17.1. The Kier molecular flexibility index (Phi) is 5.32. The van der Waals surface area contributed by atoms with Crippen LogP contribution in [0, 0.1) is 0 Å². The molecule has 1 aromatic rings. The smallest absolute Gasteiger partial charge is 0.240 e. The van der Waals surface area contributed by atoms with E-state index in [4.69, 9.17) is 5.73 Å². The molecule has 0 bridgehead atoms. The fourth-order valence-corrected chi connectivity index (χ4v) is 2.74. The van der Waals surface area contributed by atoms with Crippen molar-refractivity contribution in [2.24, 2.45) is 5.73 Å². The van der Waals surface area contributed by atoms with Gasteiger partial charge in [0.1, 0.15) is 0 Å². The average Bonchev–Trinajstić information content (AvgIpc) is 2.36. The molecule has 0 aromatic heterocycles. The van der Waals surface area contributed by atoms with E-state index in [-0.39, 0.29) is 16.5 Å². The van der Waals surface area contributed by atoms with Crippen molar-refractivity contribution in [2.45, 2.75) is 37.2 Å². The molecule has 114 valence electrons. The molecule has 5 nitrogen and oxygen atoms in total. The van der Waals surface area contributed by atoms with E-state index >= 15 is 0 Å². The van der Waals surface area contributed by atoms with E-state index in [1.54, 1.807) is 18.2 Å². The number of hydrogen-bond donors (Lipinski definition) is 2. The van der Waals surface area contributed by atoms with Crippen molar-refractivity contribution in [2.75, 3.05) is 20.6 Å². The van der Waals surface area contributed by atoms with Gasteiger partial charge in [-0.05, 0) is 52.6 Å². The lowest BCUT2D eigenvalue weighted by Crippen LogP contribution is -2.48. The summed E-state index contributed by atoms with van der Waals surface area (Å²) in [6, 6.07) is 6.55. The summed E-state index contributed by atoms with van der Waals surface area (Å²) in [6.45, 7) is 6.13. The number of sulfonamides is 1. The second kappa shape index (κ2) is 6.22. The quantitative estimate of drug-likeness (QED) is 0.831. The number of benzene rings is 1. The normalized spacial score (nSPS) is 14.6. The van der Waals surface area contributed by atoms with Gasteiger partial charge in [-0.2, -0.15) is 0 Å². The first-order valence-electron chi connectivity index (χ1n) is 6.59. The van der Waals surface area contributed by atoms with Gasteiger partial charge < -0.3 is 10.6 Å². The number of hydrogen-bond acceptors (Lipinski definition) is 4. The molecule has 0 amide bonds. The maximum Gasteiger partial charge on any atom is 0.240 e. The zero-order valence-corrected chi connectivity index (χ0v) is 13.7. The molecule has 1 aromatic carbocycles. The number of likely N-dealkylation sites (N-methyl/N-ethyl adjacent to an activating group) is 1. The van der Waals surface area contributed by atoms with Crippen molar-refractivity contribution in [3.05, 3.63) is 29.8 Å². The molecule has 0 radical (unpaired) electrons. The molecular weight excluding hydrogens is 274 g/mol. The molecule has 1 atom stereocenters. The van der Waals surface area contributed by atoms with Gasteiger partial charge in [0, 0.05) is 18.1 Å². The van der Waals surface area contributed by atoms with Crippen molar-refractivity contribution in [1.29, 1.82) is 0 Å². The van der Waals surface area contributed by atoms with Crippen LogP contribution in [0.5, 0.6) is 0 Å². The highest BCUT2D eigenvalue weighted by molar-refractivity contribution is 7.89. The highest BCUT2D eigenvalue weighted by Gasteiger charge is 2.24. The third kappa shape index (κ3) is 4.28. The Labute approximate surface area is 122 Å². The Bertz CT molecular complexity index is 551. The summed E-state index contributed by atoms with van der Waals surface area (Å²) in [5.74, 6) is 0. The molecule has 1 rings (SSSR count). The third-order valence-corrected chi connectivity index (χ3v) is 5.00. The molecule has 0 fully saturated rings. The Balaban J connectivity index is 2.92. The van der Waals surface area contributed by atoms with Gasteiger partial charge in [0.2, 0.25) is 10.0 Å². The van der Waals surface area contributed by atoms with Crippen LogP contribution in [-0.2, 0) is 10.0 Å². The van der Waals surface area contributed by atoms with Gasteiger partial charge >= 0.3 is 0 Å². The van der Waals surface area contributed by atoms with Gasteiger partial charge in [0.15, 0.2) is 0 Å². The molecule has 3 N–H and O–H groups in total. The van der Waals surface area contributed by atoms with Gasteiger partial charge in [-0.1, -0.05) is 12.1 Å². The summed E-state index contributed by atoms with van der Waals surface area (Å²) in [6.07, 6.45) is 0. The van der Waals surface area contributed by atoms with E-state index in [9.17, 15) is 8.42 Å². The highest BCUT2D eigenvalue weighted by Crippen LogP contribution is 2.17. The van der Waals surface area contributed by atoms with Crippen molar-refractivity contribution in [3.8, 4) is 0 Å². The van der Waals surface area contributed by atoms with Crippen molar-refractivity contribution in [3.63, 3.8) is 0 Å². The van der Waals surface area contributed by atoms with E-state index in [2.05, 4.69) is 4.72 Å². The molecule has 0 aliphatic rings. The lowest BCUT2D eigenvalue weighted by Gasteiger charge is -2.32. The summed E-state index contributed by atoms with van der Waals surface area (Å²) < 4.78 is 27.3. The van der Waals surface area contributed by atoms with Crippen molar-refractivity contribution >= 4 is 10.0 Å². The third-order valence-electron chi connectivity index (χ3n) is 3.60. The van der Waals surface area contributed by atoms with Crippen LogP contribution >= 0.6 is 0 Å². The molecule has 0 saturated carbocycles. The summed E-state index contributed by atoms with van der Waals surface area (Å²) in [7, 11) is 0.328. The van der Waals surface area contributed by atoms with Crippen LogP contribution < -0.4 is 10.5 Å². The van der Waals surface area contributed by atoms with Crippen LogP contribution in [-0.4, -0.2) is 39.5 Å². The first-order chi connectivity index (χ1) is 9.06. The maximum atomic E-state index is 12.3. The second-order valence-corrected chi connectivity index (χ2v) is 7.66. The maximum absolute atomic E-state index is 12.3. The Hall–Kier alpha value is -0.950. The van der Waals surface area contributed by atoms with Gasteiger partial charge in [-0.15, -0.1) is 0 Å². The lowest BCUT2D eigenvalue weighted by atomic mass is 10.1. The lowest BCUT2D eigenvalue weighted by molar-refractivity contribution is 0.199. The highest BCUT2D eigenvalue weighted by atomic mass is 32.2. The number of nitrogens with two attached hydrogens (primary N) is 1. The Morgan fingerprint density at radius 3 is 2.45 bits per heavy atom. The summed E-state index contributed by atoms with van der Waals surface area (Å²) in [4.78, 5) is 2.23. The molecule has 6 heteroatoms. The topological polar surface area (TPSA) is 75.4 Å². The van der Waals surface area contributed by atoms with Crippen LogP contribution in [0.3, 0.4) is 0 Å². The molecular formula is C14H25N3O2S. The molecule has 0 saturated heterocycles. The number of rotatable bonds is 6. The molecule has 1 unspecified atom stereocenters. The van der Waals surface area contributed by atoms with E-state index in [0.717, 1.165) is 5.56 Å². The fourth-order valence-electron chi connectivity index (χ4n) is 1.48. The largest absolute Gasteiger partial charge is 0.324 e. The van der Waals surface area contributed by atoms with Gasteiger partial charge in [0.05, 0.1) is 4.90 Å². The van der Waals surface area contributed by atoms with Crippen LogP contribution in [0.2, 0.25) is 0 Å². The molecule has 20 heavy (non-hydrogen) atoms. The van der Waals surface area contributed by atoms with Crippen LogP contribution in [0.1, 0.15) is 32.4 Å². The zero-order chi connectivity index (χ0) is 15.6. The Morgan fingerprint density at radius 1 is 1.35 bits per heavy atom. The van der Waals surface area contributed by atoms with Gasteiger partial charge in [-0.25, -0.2) is 13.1 Å². The summed E-state index contributed by atoms with van der Waals surface area (Å²) >= 11 is 0. The van der Waals surface area contributed by atoms with Gasteiger partial charge in [0.25, 0.3) is 0 Å². The molecule has 0 spiro atoms. The average molecular weight is 299 g/mol. The van der Waals surface area contributed by atoms with E-state index < -0.39 is 10.0 Å². The predicted octanol–water partition coefficient (Wildman–Crippen LogP) is 1.32. The van der Waals surface area contributed by atoms with Crippen LogP contribution in [0.25, 0.3) is 0 Å². The molecule has 0 aliphatic heterocycles. The van der Waals surface area contributed by atoms with Crippen LogP contribution in [0.4, 0.5) is 0 Å². The van der Waals surface area contributed by atoms with E-state index in [0.29, 0.717) is 6.54 Å². The zero-order valence-electron chi connectivity index (χ0n) is 12.8. The van der Waals surface area contributed by atoms with Gasteiger partial charge in [-0.3, -0.25) is 0 Å². The molecule has 0 heterocycles. The van der Waals surface area contributed by atoms with E-state index in [1.807, 2.05) is 45.8 Å². The monoisotopic (exact) mass is 299 g/mol. The first-order valence-corrected chi connectivity index (χ1v) is 8.07. The fraction of sp³-hybridized carbons (Fsp3) is 0.571. The minimum atomic E-state index is -3.52. The number of nitrogens with one attached hydrogen (secondary N) is 1. The van der Waals surface area contributed by atoms with E-state index in [1.165, 1.54) is 0 Å². The van der Waals surface area contributed by atoms with Crippen molar-refractivity contribution < 1.29 is 8.42 Å². The predicted molar refractivity (Wildman–Crippen MR) is 82.0 cm³/mol. The van der Waals surface area contributed by atoms with Crippen molar-refractivity contribution in [1.82, 2.24) is 9.62 Å². The SMILES string of the molecule is CC(N)c1cccc(S(=O)(=O)NCC(C)(C)N(C)C)c1. The minimum Gasteiger partial charge on any atom is -0.324 e. The molecule has 0 aliphatic carbocycles. The summed E-state index contributed by atoms with van der Waals surface area (Å²) in [5, 5.41) is 0. The second-order valence-electron chi connectivity index (χ2n) is 5.89.